The molecule has 0 aromatic rings. The molecule has 2 heterocycles. The zero-order valence-electron chi connectivity index (χ0n) is 10.2. The van der Waals surface area contributed by atoms with E-state index in [0.29, 0.717) is 6.61 Å². The van der Waals surface area contributed by atoms with Crippen molar-refractivity contribution in [2.75, 3.05) is 32.9 Å². The van der Waals surface area contributed by atoms with E-state index in [2.05, 4.69) is 24.8 Å². The van der Waals surface area contributed by atoms with Gasteiger partial charge < -0.3 is 9.47 Å². The van der Waals surface area contributed by atoms with Gasteiger partial charge in [-0.2, -0.15) is 5.26 Å². The molecule has 2 saturated heterocycles. The Morgan fingerprint density at radius 3 is 2.44 bits per heavy atom. The Morgan fingerprint density at radius 2 is 1.88 bits per heavy atom. The summed E-state index contributed by atoms with van der Waals surface area (Å²) >= 11 is 0. The number of hydrogen-bond acceptors (Lipinski definition) is 4. The second kappa shape index (κ2) is 4.33. The molecule has 4 heteroatoms. The smallest absolute Gasteiger partial charge is 0.114 e. The third-order valence-corrected chi connectivity index (χ3v) is 3.55. The Hall–Kier alpha value is -0.630. The van der Waals surface area contributed by atoms with E-state index in [9.17, 15) is 5.26 Å². The van der Waals surface area contributed by atoms with Crippen LogP contribution in [0.3, 0.4) is 0 Å². The van der Waals surface area contributed by atoms with Gasteiger partial charge in [0.2, 0.25) is 0 Å². The summed E-state index contributed by atoms with van der Waals surface area (Å²) in [7, 11) is 0. The number of rotatable bonds is 1. The lowest BCUT2D eigenvalue weighted by Gasteiger charge is -2.47. The number of ether oxygens (including phenoxy) is 2. The topological polar surface area (TPSA) is 45.5 Å². The van der Waals surface area contributed by atoms with Crippen LogP contribution in [0.15, 0.2) is 0 Å². The van der Waals surface area contributed by atoms with E-state index in [0.717, 1.165) is 39.1 Å². The lowest BCUT2D eigenvalue weighted by Crippen LogP contribution is -2.58. The summed E-state index contributed by atoms with van der Waals surface area (Å²) in [6, 6.07) is 2.53. The molecular formula is C12H20N2O2. The van der Waals surface area contributed by atoms with Crippen molar-refractivity contribution in [1.29, 1.82) is 5.26 Å². The summed E-state index contributed by atoms with van der Waals surface area (Å²) in [4.78, 5) is 2.28. The first-order chi connectivity index (χ1) is 7.58. The summed E-state index contributed by atoms with van der Waals surface area (Å²) in [5.74, 6) is 0. The fourth-order valence-corrected chi connectivity index (χ4v) is 2.77. The van der Waals surface area contributed by atoms with E-state index in [-0.39, 0.29) is 11.1 Å². The fourth-order valence-electron chi connectivity index (χ4n) is 2.77. The maximum atomic E-state index is 9.54. The van der Waals surface area contributed by atoms with Gasteiger partial charge in [-0.1, -0.05) is 0 Å². The first kappa shape index (κ1) is 11.8. The highest BCUT2D eigenvalue weighted by Crippen LogP contribution is 2.36. The molecule has 0 aromatic heterocycles. The van der Waals surface area contributed by atoms with Crippen molar-refractivity contribution in [3.8, 4) is 6.07 Å². The summed E-state index contributed by atoms with van der Waals surface area (Å²) in [6.45, 7) is 8.03. The third-order valence-electron chi connectivity index (χ3n) is 3.55. The Labute approximate surface area is 97.1 Å². The fraction of sp³-hybridized carbons (Fsp3) is 0.917. The van der Waals surface area contributed by atoms with Gasteiger partial charge in [0.25, 0.3) is 0 Å². The SMILES string of the molecule is CC1(C)CC(C#N)(N2CCOCC2)CCO1. The molecular weight excluding hydrogens is 204 g/mol. The quantitative estimate of drug-likeness (QED) is 0.670. The van der Waals surface area contributed by atoms with Crippen molar-refractivity contribution in [2.24, 2.45) is 0 Å². The van der Waals surface area contributed by atoms with Gasteiger partial charge in [0.15, 0.2) is 0 Å². The molecule has 2 aliphatic heterocycles. The molecule has 0 radical (unpaired) electrons. The van der Waals surface area contributed by atoms with Gasteiger partial charge in [-0.15, -0.1) is 0 Å². The zero-order valence-corrected chi connectivity index (χ0v) is 10.2. The second-order valence-corrected chi connectivity index (χ2v) is 5.28. The molecule has 0 spiro atoms. The van der Waals surface area contributed by atoms with Crippen LogP contribution in [0.2, 0.25) is 0 Å². The molecule has 0 aromatic carbocycles. The average molecular weight is 224 g/mol. The molecule has 0 amide bonds. The highest BCUT2D eigenvalue weighted by molar-refractivity contribution is 5.13. The van der Waals surface area contributed by atoms with E-state index in [1.54, 1.807) is 0 Å². The van der Waals surface area contributed by atoms with Gasteiger partial charge in [0, 0.05) is 25.9 Å². The van der Waals surface area contributed by atoms with Gasteiger partial charge in [-0.3, -0.25) is 4.90 Å². The molecule has 0 aliphatic carbocycles. The van der Waals surface area contributed by atoms with E-state index in [1.165, 1.54) is 0 Å². The summed E-state index contributed by atoms with van der Waals surface area (Å²) < 4.78 is 11.1. The maximum absolute atomic E-state index is 9.54. The highest BCUT2D eigenvalue weighted by atomic mass is 16.5. The maximum Gasteiger partial charge on any atom is 0.114 e. The lowest BCUT2D eigenvalue weighted by atomic mass is 9.80. The van der Waals surface area contributed by atoms with Crippen molar-refractivity contribution in [2.45, 2.75) is 37.8 Å². The van der Waals surface area contributed by atoms with Crippen molar-refractivity contribution in [3.63, 3.8) is 0 Å². The number of nitriles is 1. The Kier molecular flexibility index (Phi) is 3.20. The van der Waals surface area contributed by atoms with Crippen molar-refractivity contribution in [1.82, 2.24) is 4.90 Å². The van der Waals surface area contributed by atoms with Crippen molar-refractivity contribution in [3.05, 3.63) is 0 Å². The van der Waals surface area contributed by atoms with Crippen LogP contribution < -0.4 is 0 Å². The van der Waals surface area contributed by atoms with Crippen LogP contribution in [0.4, 0.5) is 0 Å². The van der Waals surface area contributed by atoms with Crippen molar-refractivity contribution >= 4 is 0 Å². The minimum atomic E-state index is -0.342. The first-order valence-electron chi connectivity index (χ1n) is 5.96. The van der Waals surface area contributed by atoms with Crippen LogP contribution in [0.25, 0.3) is 0 Å². The van der Waals surface area contributed by atoms with Crippen LogP contribution in [0.5, 0.6) is 0 Å². The van der Waals surface area contributed by atoms with E-state index in [4.69, 9.17) is 9.47 Å². The molecule has 0 N–H and O–H groups in total. The van der Waals surface area contributed by atoms with Crippen molar-refractivity contribution < 1.29 is 9.47 Å². The largest absolute Gasteiger partial charge is 0.379 e. The lowest BCUT2D eigenvalue weighted by molar-refractivity contribution is -0.117. The predicted molar refractivity (Wildman–Crippen MR) is 60.0 cm³/mol. The number of hydrogen-bond donors (Lipinski definition) is 0. The standard InChI is InChI=1S/C12H20N2O2/c1-11(2)9-12(10-13,3-6-16-11)14-4-7-15-8-5-14/h3-9H2,1-2H3. The minimum absolute atomic E-state index is 0.188. The monoisotopic (exact) mass is 224 g/mol. The highest BCUT2D eigenvalue weighted by Gasteiger charge is 2.45. The molecule has 1 unspecified atom stereocenters. The van der Waals surface area contributed by atoms with Gasteiger partial charge in [0.05, 0.1) is 31.5 Å². The molecule has 16 heavy (non-hydrogen) atoms. The first-order valence-corrected chi connectivity index (χ1v) is 5.96. The molecule has 2 fully saturated rings. The minimum Gasteiger partial charge on any atom is -0.379 e. The Balaban J connectivity index is 2.15. The van der Waals surface area contributed by atoms with Gasteiger partial charge >= 0.3 is 0 Å². The van der Waals surface area contributed by atoms with Crippen LogP contribution in [0, 0.1) is 11.3 Å². The third kappa shape index (κ3) is 2.22. The summed E-state index contributed by atoms with van der Waals surface area (Å²) in [5, 5.41) is 9.54. The predicted octanol–water partition coefficient (Wildman–Crippen LogP) is 1.17. The van der Waals surface area contributed by atoms with E-state index < -0.39 is 0 Å². The zero-order chi connectivity index (χ0) is 11.6. The van der Waals surface area contributed by atoms with Gasteiger partial charge in [-0.05, 0) is 13.8 Å². The molecule has 4 nitrogen and oxygen atoms in total. The van der Waals surface area contributed by atoms with Gasteiger partial charge in [0.1, 0.15) is 5.54 Å². The Morgan fingerprint density at radius 1 is 1.19 bits per heavy atom. The molecule has 2 aliphatic rings. The van der Waals surface area contributed by atoms with Gasteiger partial charge in [-0.25, -0.2) is 0 Å². The van der Waals surface area contributed by atoms with Crippen LogP contribution in [-0.4, -0.2) is 49.0 Å². The van der Waals surface area contributed by atoms with Crippen LogP contribution in [0.1, 0.15) is 26.7 Å². The molecule has 90 valence electrons. The molecule has 0 saturated carbocycles. The molecule has 1 atom stereocenters. The summed E-state index contributed by atoms with van der Waals surface area (Å²) in [5.41, 5.74) is -0.530. The van der Waals surface area contributed by atoms with Crippen LogP contribution >= 0.6 is 0 Å². The second-order valence-electron chi connectivity index (χ2n) is 5.28. The van der Waals surface area contributed by atoms with E-state index in [1.807, 2.05) is 0 Å². The summed E-state index contributed by atoms with van der Waals surface area (Å²) in [6.07, 6.45) is 1.60. The number of morpholine rings is 1. The van der Waals surface area contributed by atoms with E-state index >= 15 is 0 Å². The number of nitrogens with zero attached hydrogens (tertiary/aromatic N) is 2. The Bertz CT molecular complexity index is 292. The average Bonchev–Trinajstić information content (AvgIpc) is 2.29. The molecule has 0 bridgehead atoms. The van der Waals surface area contributed by atoms with Crippen LogP contribution in [-0.2, 0) is 9.47 Å². The molecule has 2 rings (SSSR count). The normalized spacial score (nSPS) is 35.6.